The number of unbranched alkanes of at least 4 members (excludes halogenated alkanes) is 4. The van der Waals surface area contributed by atoms with Crippen LogP contribution in [0.1, 0.15) is 57.6 Å². The van der Waals surface area contributed by atoms with E-state index in [0.717, 1.165) is 25.7 Å². The molecule has 1 aromatic rings. The number of hydrogen-bond donors (Lipinski definition) is 4. The fourth-order valence-corrected chi connectivity index (χ4v) is 2.86. The number of nitrogens with zero attached hydrogens (tertiary/aromatic N) is 1. The predicted molar refractivity (Wildman–Crippen MR) is 107 cm³/mol. The van der Waals surface area contributed by atoms with Gasteiger partial charge in [-0.15, -0.1) is 0 Å². The second-order valence-corrected chi connectivity index (χ2v) is 7.30. The Balaban J connectivity index is 0.0000102. The third kappa shape index (κ3) is 13.3. The van der Waals surface area contributed by atoms with Crippen molar-refractivity contribution in [1.29, 1.82) is 0 Å². The normalized spacial score (nSPS) is 12.0. The summed E-state index contributed by atoms with van der Waals surface area (Å²) in [6.45, 7) is 1.63. The monoisotopic (exact) mass is 514 g/mol. The smallest absolute Gasteiger partial charge is 0.550 e. The molecule has 0 aliphatic rings. The molecule has 4 N–H and O–H groups in total. The van der Waals surface area contributed by atoms with Crippen LogP contribution in [-0.2, 0) is 47.5 Å². The second kappa shape index (κ2) is 16.7. The Morgan fingerprint density at radius 3 is 2.27 bits per heavy atom. The van der Waals surface area contributed by atoms with Crippen LogP contribution >= 0.6 is 0 Å². The van der Waals surface area contributed by atoms with E-state index in [1.165, 1.54) is 12.5 Å². The topological polar surface area (TPSA) is 196 Å². The van der Waals surface area contributed by atoms with E-state index in [0.29, 0.717) is 12.1 Å². The maximum atomic E-state index is 12.4. The zero-order valence-electron chi connectivity index (χ0n) is 18.3. The zero-order valence-corrected chi connectivity index (χ0v) is 19.2. The molecule has 187 valence electrons. The average molecular weight is 515 g/mol. The van der Waals surface area contributed by atoms with E-state index in [4.69, 9.17) is 0 Å². The quantitative estimate of drug-likeness (QED) is 0.135. The van der Waals surface area contributed by atoms with Gasteiger partial charge in [0.15, 0.2) is 0 Å². The van der Waals surface area contributed by atoms with Crippen molar-refractivity contribution in [2.45, 2.75) is 70.4 Å². The average Bonchev–Trinajstić information content (AvgIpc) is 3.24. The van der Waals surface area contributed by atoms with Crippen LogP contribution in [0.3, 0.4) is 0 Å². The van der Waals surface area contributed by atoms with Crippen molar-refractivity contribution in [3.8, 4) is 0 Å². The Bertz CT molecular complexity index is 773. The molecule has 13 heteroatoms. The second-order valence-electron chi connectivity index (χ2n) is 7.30. The predicted octanol–water partition coefficient (Wildman–Crippen LogP) is -2.71. The molecule has 3 amide bonds. The van der Waals surface area contributed by atoms with Crippen LogP contribution in [0, 0.1) is 0 Å². The van der Waals surface area contributed by atoms with Crippen molar-refractivity contribution in [2.24, 2.45) is 0 Å². The number of rotatable bonds is 16. The van der Waals surface area contributed by atoms with E-state index in [1.807, 2.05) is 0 Å². The minimum absolute atomic E-state index is 0. The number of H-pyrrole nitrogens is 1. The molecule has 1 heterocycles. The van der Waals surface area contributed by atoms with Crippen molar-refractivity contribution < 1.29 is 51.3 Å². The van der Waals surface area contributed by atoms with Gasteiger partial charge < -0.3 is 40.7 Å². The molecule has 12 nitrogen and oxygen atoms in total. The first-order valence-corrected chi connectivity index (χ1v) is 10.5. The number of aromatic nitrogens is 2. The van der Waals surface area contributed by atoms with Crippen LogP contribution < -0.4 is 26.2 Å². The Labute approximate surface area is 202 Å². The molecule has 1 radical (unpaired) electrons. The Kier molecular flexibility index (Phi) is 15.2. The first kappa shape index (κ1) is 30.1. The zero-order chi connectivity index (χ0) is 23.9. The number of carboxylic acid groups (broad SMARTS) is 2. The molecular formula is C20H29CuN5O7. The van der Waals surface area contributed by atoms with Gasteiger partial charge in [-0.3, -0.25) is 14.4 Å². The number of imidazole rings is 1. The number of aliphatic carboxylic acids is 2. The first-order valence-electron chi connectivity index (χ1n) is 10.5. The van der Waals surface area contributed by atoms with E-state index in [2.05, 4.69) is 32.8 Å². The number of carboxylic acids is 2. The van der Waals surface area contributed by atoms with Crippen molar-refractivity contribution in [2.75, 3.05) is 6.54 Å². The molecule has 0 fully saturated rings. The van der Waals surface area contributed by atoms with Gasteiger partial charge in [-0.05, 0) is 6.42 Å². The molecule has 0 aromatic carbocycles. The van der Waals surface area contributed by atoms with Gasteiger partial charge in [0.2, 0.25) is 17.7 Å². The Hall–Kier alpha value is -2.92. The van der Waals surface area contributed by atoms with Gasteiger partial charge in [0.1, 0.15) is 6.04 Å². The summed E-state index contributed by atoms with van der Waals surface area (Å²) in [7, 11) is 0. The molecule has 1 aromatic heterocycles. The van der Waals surface area contributed by atoms with E-state index in [9.17, 15) is 34.2 Å². The van der Waals surface area contributed by atoms with E-state index in [1.54, 1.807) is 0 Å². The van der Waals surface area contributed by atoms with Crippen molar-refractivity contribution in [3.63, 3.8) is 0 Å². The van der Waals surface area contributed by atoms with Gasteiger partial charge in [0.25, 0.3) is 0 Å². The summed E-state index contributed by atoms with van der Waals surface area (Å²) < 4.78 is 0. The molecule has 0 aliphatic heterocycles. The van der Waals surface area contributed by atoms with Gasteiger partial charge in [0, 0.05) is 37.1 Å². The van der Waals surface area contributed by atoms with Gasteiger partial charge >= 0.3 is 17.1 Å². The number of hydrogen-bond acceptors (Lipinski definition) is 8. The van der Waals surface area contributed by atoms with Crippen molar-refractivity contribution >= 4 is 29.7 Å². The molecular weight excluding hydrogens is 486 g/mol. The van der Waals surface area contributed by atoms with Crippen LogP contribution in [0.25, 0.3) is 0 Å². The fraction of sp³-hybridized carbons (Fsp3) is 0.600. The minimum atomic E-state index is -1.62. The van der Waals surface area contributed by atoms with E-state index >= 15 is 0 Å². The summed E-state index contributed by atoms with van der Waals surface area (Å²) in [5, 5.41) is 29.0. The van der Waals surface area contributed by atoms with Crippen LogP contribution in [0.5, 0.6) is 0 Å². The third-order valence-corrected chi connectivity index (χ3v) is 4.56. The maximum absolute atomic E-state index is 12.4. The summed E-state index contributed by atoms with van der Waals surface area (Å²) in [5.41, 5.74) is 0.400. The molecule has 33 heavy (non-hydrogen) atoms. The summed E-state index contributed by atoms with van der Waals surface area (Å²) in [6, 6.07) is -3.08. The molecule has 0 saturated carbocycles. The fourth-order valence-electron chi connectivity index (χ4n) is 2.86. The summed E-state index contributed by atoms with van der Waals surface area (Å²) >= 11 is 0. The Morgan fingerprint density at radius 1 is 1.00 bits per heavy atom. The SMILES string of the molecule is CCCCCCCC(=O)NCC(=O)N[C@@H](CC(=O)[O-])C(=O)N[C@@H](Cc1cnc[nH]1)C(=O)[O-].[Cu+2]. The molecule has 0 bridgehead atoms. The van der Waals surface area contributed by atoms with Crippen molar-refractivity contribution in [3.05, 3.63) is 18.2 Å². The molecule has 0 saturated heterocycles. The van der Waals surface area contributed by atoms with E-state index in [-0.39, 0.29) is 35.8 Å². The van der Waals surface area contributed by atoms with Gasteiger partial charge in [0.05, 0.1) is 24.9 Å². The molecule has 0 unspecified atom stereocenters. The Morgan fingerprint density at radius 2 is 1.70 bits per heavy atom. The van der Waals surface area contributed by atoms with Gasteiger partial charge in [-0.25, -0.2) is 4.98 Å². The van der Waals surface area contributed by atoms with Crippen LogP contribution in [0.2, 0.25) is 0 Å². The van der Waals surface area contributed by atoms with E-state index < -0.39 is 48.8 Å². The number of carbonyl (C=O) groups is 5. The molecule has 0 aliphatic carbocycles. The molecule has 2 atom stereocenters. The largest absolute Gasteiger partial charge is 2.00 e. The standard InChI is InChI=1S/C20H31N5O7.Cu/c1-2-3-4-5-6-7-16(26)22-11-17(27)24-14(9-18(28)29)19(30)25-15(20(31)32)8-13-10-21-12-23-13;/h10,12,14-15H,2-9,11H2,1H3,(H,21,23)(H,22,26)(H,24,27)(H,25,30)(H,28,29)(H,31,32);/q;+2/p-2/t14-,15-;/m0./s1. The van der Waals surface area contributed by atoms with Crippen LogP contribution in [0.4, 0.5) is 0 Å². The molecule has 1 rings (SSSR count). The van der Waals surface area contributed by atoms with Crippen molar-refractivity contribution in [1.82, 2.24) is 25.9 Å². The summed E-state index contributed by atoms with van der Waals surface area (Å²) in [6.07, 6.45) is 6.65. The summed E-state index contributed by atoms with van der Waals surface area (Å²) in [4.78, 5) is 65.0. The number of amides is 3. The van der Waals surface area contributed by atoms with Gasteiger partial charge in [-0.2, -0.15) is 0 Å². The van der Waals surface area contributed by atoms with Gasteiger partial charge in [-0.1, -0.05) is 32.6 Å². The molecule has 0 spiro atoms. The number of carbonyl (C=O) groups excluding carboxylic acids is 5. The van der Waals surface area contributed by atoms with Crippen LogP contribution in [0.15, 0.2) is 12.5 Å². The summed E-state index contributed by atoms with van der Waals surface area (Å²) in [5.74, 6) is -5.41. The number of nitrogens with one attached hydrogen (secondary N) is 4. The maximum Gasteiger partial charge on any atom is 2.00 e. The minimum Gasteiger partial charge on any atom is -0.550 e. The third-order valence-electron chi connectivity index (χ3n) is 4.56. The number of aromatic amines is 1. The first-order chi connectivity index (χ1) is 15.2. The van der Waals surface area contributed by atoms with Crippen LogP contribution in [-0.4, -0.2) is 58.3 Å².